The molecule has 0 aromatic heterocycles. The van der Waals surface area contributed by atoms with Gasteiger partial charge in [0.15, 0.2) is 0 Å². The number of β-amino-alcohol motifs (C(OH)–C–C–N with tert-alkyl or cyclic N) is 1. The van der Waals surface area contributed by atoms with Crippen LogP contribution in [0.4, 0.5) is 26.2 Å². The quantitative estimate of drug-likeness (QED) is 0.591. The van der Waals surface area contributed by atoms with E-state index in [9.17, 15) is 23.9 Å². The van der Waals surface area contributed by atoms with Crippen molar-refractivity contribution in [2.75, 3.05) is 42.8 Å². The van der Waals surface area contributed by atoms with Crippen LogP contribution >= 0.6 is 11.6 Å². The molecule has 1 aliphatic heterocycles. The summed E-state index contributed by atoms with van der Waals surface area (Å²) in [5.41, 5.74) is 0.641. The Kier molecular flexibility index (Phi) is 7.85. The fraction of sp³-hybridized carbons (Fsp3) is 0.318. The predicted octanol–water partition coefficient (Wildman–Crippen LogP) is 2.69. The van der Waals surface area contributed by atoms with Crippen LogP contribution < -0.4 is 15.5 Å². The summed E-state index contributed by atoms with van der Waals surface area (Å²) >= 11 is 5.84. The van der Waals surface area contributed by atoms with E-state index < -0.39 is 29.9 Å². The van der Waals surface area contributed by atoms with Crippen LogP contribution in [0, 0.1) is 5.82 Å². The third-order valence-electron chi connectivity index (χ3n) is 5.18. The van der Waals surface area contributed by atoms with Crippen molar-refractivity contribution >= 4 is 46.5 Å². The molecule has 4 amide bonds. The van der Waals surface area contributed by atoms with Crippen LogP contribution in [0.25, 0.3) is 0 Å². The van der Waals surface area contributed by atoms with Crippen molar-refractivity contribution in [1.82, 2.24) is 4.90 Å². The zero-order chi connectivity index (χ0) is 24.1. The standard InChI is InChI=1S/C22H24ClFN4O5/c1-27(20(30)12-33-2)15-7-8-18(17(24)9-15)26-21(31)19-10-16(29)11-28(19)22(32)25-14-5-3-13(23)4-6-14/h3-9,16,19,29H,10-12H2,1-2H3,(H,25,32)(H,26,31)/t16-,19-/m1/s1. The number of amides is 4. The Bertz CT molecular complexity index is 1040. The Hall–Kier alpha value is -3.21. The molecule has 11 heteroatoms. The third kappa shape index (κ3) is 5.98. The van der Waals surface area contributed by atoms with E-state index >= 15 is 0 Å². The highest BCUT2D eigenvalue weighted by Gasteiger charge is 2.39. The summed E-state index contributed by atoms with van der Waals surface area (Å²) in [6, 6.07) is 8.74. The number of benzene rings is 2. The Morgan fingerprint density at radius 3 is 2.55 bits per heavy atom. The number of urea groups is 1. The summed E-state index contributed by atoms with van der Waals surface area (Å²) in [4.78, 5) is 39.8. The average Bonchev–Trinajstić information content (AvgIpc) is 3.18. The number of methoxy groups -OCH3 is 1. The molecule has 176 valence electrons. The number of aliphatic hydroxyl groups is 1. The average molecular weight is 479 g/mol. The molecular formula is C22H24ClFN4O5. The van der Waals surface area contributed by atoms with Crippen molar-refractivity contribution in [2.24, 2.45) is 0 Å². The van der Waals surface area contributed by atoms with E-state index in [0.717, 1.165) is 6.07 Å². The van der Waals surface area contributed by atoms with Crippen molar-refractivity contribution in [1.29, 1.82) is 0 Å². The summed E-state index contributed by atoms with van der Waals surface area (Å²) in [6.07, 6.45) is -0.891. The molecule has 0 saturated carbocycles. The first-order valence-electron chi connectivity index (χ1n) is 10.1. The first kappa shape index (κ1) is 24.4. The summed E-state index contributed by atoms with van der Waals surface area (Å²) < 4.78 is 19.4. The van der Waals surface area contributed by atoms with Gasteiger partial charge in [0.05, 0.1) is 11.8 Å². The van der Waals surface area contributed by atoms with E-state index in [1.807, 2.05) is 0 Å². The minimum Gasteiger partial charge on any atom is -0.391 e. The van der Waals surface area contributed by atoms with Gasteiger partial charge in [0.1, 0.15) is 18.5 Å². The van der Waals surface area contributed by atoms with Gasteiger partial charge < -0.3 is 30.3 Å². The van der Waals surface area contributed by atoms with Crippen LogP contribution in [0.3, 0.4) is 0 Å². The normalized spacial score (nSPS) is 17.5. The number of nitrogens with zero attached hydrogens (tertiary/aromatic N) is 2. The van der Waals surface area contributed by atoms with Gasteiger partial charge in [-0.1, -0.05) is 11.6 Å². The van der Waals surface area contributed by atoms with Gasteiger partial charge in [-0.05, 0) is 42.5 Å². The summed E-state index contributed by atoms with van der Waals surface area (Å²) in [7, 11) is 2.86. The lowest BCUT2D eigenvalue weighted by atomic mass is 10.1. The Morgan fingerprint density at radius 2 is 1.91 bits per heavy atom. The number of likely N-dealkylation sites (tertiary alicyclic amines) is 1. The SMILES string of the molecule is COCC(=O)N(C)c1ccc(NC(=O)[C@H]2C[C@@H](O)CN2C(=O)Nc2ccc(Cl)cc2)c(F)c1. The fourth-order valence-corrected chi connectivity index (χ4v) is 3.54. The second kappa shape index (κ2) is 10.6. The van der Waals surface area contributed by atoms with E-state index in [2.05, 4.69) is 10.6 Å². The van der Waals surface area contributed by atoms with Crippen molar-refractivity contribution in [3.63, 3.8) is 0 Å². The molecule has 33 heavy (non-hydrogen) atoms. The summed E-state index contributed by atoms with van der Waals surface area (Å²) in [5, 5.41) is 15.7. The number of likely N-dealkylation sites (N-methyl/N-ethyl adjacent to an activating group) is 1. The largest absolute Gasteiger partial charge is 0.391 e. The van der Waals surface area contributed by atoms with Gasteiger partial charge in [-0.15, -0.1) is 0 Å². The molecule has 1 saturated heterocycles. The Morgan fingerprint density at radius 1 is 1.21 bits per heavy atom. The first-order chi connectivity index (χ1) is 15.7. The molecule has 0 unspecified atom stereocenters. The molecule has 2 atom stereocenters. The smallest absolute Gasteiger partial charge is 0.322 e. The molecule has 0 bridgehead atoms. The number of ether oxygens (including phenoxy) is 1. The number of hydrogen-bond acceptors (Lipinski definition) is 5. The lowest BCUT2D eigenvalue weighted by Gasteiger charge is -2.24. The van der Waals surface area contributed by atoms with E-state index in [1.165, 1.54) is 36.1 Å². The van der Waals surface area contributed by atoms with Crippen LogP contribution in [0.15, 0.2) is 42.5 Å². The number of aliphatic hydroxyl groups excluding tert-OH is 1. The minimum absolute atomic E-state index is 0.00777. The summed E-state index contributed by atoms with van der Waals surface area (Å²) in [5.74, 6) is -1.77. The minimum atomic E-state index is -1.00. The van der Waals surface area contributed by atoms with E-state index in [0.29, 0.717) is 10.7 Å². The monoisotopic (exact) mass is 478 g/mol. The summed E-state index contributed by atoms with van der Waals surface area (Å²) in [6.45, 7) is -0.208. The topological polar surface area (TPSA) is 111 Å². The zero-order valence-corrected chi connectivity index (χ0v) is 18.8. The lowest BCUT2D eigenvalue weighted by Crippen LogP contribution is -2.45. The maximum atomic E-state index is 14.6. The highest BCUT2D eigenvalue weighted by Crippen LogP contribution is 2.25. The van der Waals surface area contributed by atoms with Crippen molar-refractivity contribution in [3.05, 3.63) is 53.3 Å². The van der Waals surface area contributed by atoms with Gasteiger partial charge in [0.2, 0.25) is 5.91 Å². The molecule has 1 aliphatic rings. The van der Waals surface area contributed by atoms with Gasteiger partial charge in [0.25, 0.3) is 5.91 Å². The molecule has 0 radical (unpaired) electrons. The fourth-order valence-electron chi connectivity index (χ4n) is 3.41. The number of carbonyl (C=O) groups excluding carboxylic acids is 3. The second-order valence-corrected chi connectivity index (χ2v) is 7.97. The number of nitrogens with one attached hydrogen (secondary N) is 2. The predicted molar refractivity (Wildman–Crippen MR) is 122 cm³/mol. The van der Waals surface area contributed by atoms with E-state index in [1.54, 1.807) is 24.3 Å². The molecule has 3 rings (SSSR count). The van der Waals surface area contributed by atoms with E-state index in [-0.39, 0.29) is 36.9 Å². The van der Waals surface area contributed by atoms with E-state index in [4.69, 9.17) is 16.3 Å². The van der Waals surface area contributed by atoms with Crippen LogP contribution in [-0.2, 0) is 14.3 Å². The molecule has 1 heterocycles. The Labute approximate surface area is 195 Å². The third-order valence-corrected chi connectivity index (χ3v) is 5.43. The van der Waals surface area contributed by atoms with Gasteiger partial charge in [-0.3, -0.25) is 9.59 Å². The van der Waals surface area contributed by atoms with Crippen LogP contribution in [0.5, 0.6) is 0 Å². The molecule has 3 N–H and O–H groups in total. The first-order valence-corrected chi connectivity index (χ1v) is 10.4. The van der Waals surface area contributed by atoms with Gasteiger partial charge in [-0.2, -0.15) is 0 Å². The maximum Gasteiger partial charge on any atom is 0.322 e. The lowest BCUT2D eigenvalue weighted by molar-refractivity contribution is -0.122. The maximum absolute atomic E-state index is 14.6. The van der Waals surface area contributed by atoms with Gasteiger partial charge in [0, 0.05) is 43.5 Å². The molecule has 0 spiro atoms. The van der Waals surface area contributed by atoms with Gasteiger partial charge in [-0.25, -0.2) is 9.18 Å². The van der Waals surface area contributed by atoms with Crippen LogP contribution in [-0.4, -0.2) is 67.3 Å². The van der Waals surface area contributed by atoms with Crippen molar-refractivity contribution in [2.45, 2.75) is 18.6 Å². The Balaban J connectivity index is 1.69. The second-order valence-electron chi connectivity index (χ2n) is 7.53. The van der Waals surface area contributed by atoms with Crippen molar-refractivity contribution in [3.8, 4) is 0 Å². The zero-order valence-electron chi connectivity index (χ0n) is 18.0. The molecule has 0 aliphatic carbocycles. The van der Waals surface area contributed by atoms with Crippen LogP contribution in [0.1, 0.15) is 6.42 Å². The highest BCUT2D eigenvalue weighted by atomic mass is 35.5. The van der Waals surface area contributed by atoms with Gasteiger partial charge >= 0.3 is 6.03 Å². The van der Waals surface area contributed by atoms with Crippen LogP contribution in [0.2, 0.25) is 5.02 Å². The number of carbonyl (C=O) groups is 3. The molecule has 2 aromatic carbocycles. The molecule has 9 nitrogen and oxygen atoms in total. The highest BCUT2D eigenvalue weighted by molar-refractivity contribution is 6.30. The number of halogens is 2. The number of rotatable bonds is 6. The molecule has 2 aromatic rings. The molecule has 1 fully saturated rings. The molecular weight excluding hydrogens is 455 g/mol. The van der Waals surface area contributed by atoms with Crippen molar-refractivity contribution < 1.29 is 28.6 Å². The number of hydrogen-bond donors (Lipinski definition) is 3. The number of anilines is 3.